The fourth-order valence-corrected chi connectivity index (χ4v) is 3.16. The standard InChI is InChI=1S/C22H25N3O/c1-16-20(22(26)23-14-9-15-25(2)3)18-12-7-8-13-19(18)24-21(16)17-10-5-4-6-11-17/h4-8,10-13H,9,14-15H2,1-3H3,(H,23,26). The molecule has 0 aliphatic carbocycles. The van der Waals surface area contributed by atoms with Crippen molar-refractivity contribution < 1.29 is 4.79 Å². The molecule has 1 aromatic heterocycles. The zero-order chi connectivity index (χ0) is 18.5. The molecule has 0 saturated carbocycles. The van der Waals surface area contributed by atoms with E-state index in [1.165, 1.54) is 0 Å². The second kappa shape index (κ2) is 8.11. The number of rotatable bonds is 6. The van der Waals surface area contributed by atoms with Crippen LogP contribution in [-0.2, 0) is 0 Å². The summed E-state index contributed by atoms with van der Waals surface area (Å²) in [4.78, 5) is 19.9. The fourth-order valence-electron chi connectivity index (χ4n) is 3.16. The molecule has 3 rings (SSSR count). The van der Waals surface area contributed by atoms with E-state index in [1.54, 1.807) is 0 Å². The molecule has 0 spiro atoms. The lowest BCUT2D eigenvalue weighted by Gasteiger charge is -2.15. The summed E-state index contributed by atoms with van der Waals surface area (Å²) in [6.07, 6.45) is 0.923. The highest BCUT2D eigenvalue weighted by Gasteiger charge is 2.18. The molecule has 0 atom stereocenters. The van der Waals surface area contributed by atoms with Gasteiger partial charge in [-0.1, -0.05) is 48.5 Å². The molecule has 1 heterocycles. The molecule has 2 aromatic carbocycles. The smallest absolute Gasteiger partial charge is 0.252 e. The number of aromatic nitrogens is 1. The zero-order valence-corrected chi connectivity index (χ0v) is 15.6. The second-order valence-corrected chi connectivity index (χ2v) is 6.76. The van der Waals surface area contributed by atoms with Crippen molar-refractivity contribution in [2.24, 2.45) is 0 Å². The van der Waals surface area contributed by atoms with E-state index in [1.807, 2.05) is 75.6 Å². The Hall–Kier alpha value is -2.72. The Kier molecular flexibility index (Phi) is 5.64. The van der Waals surface area contributed by atoms with Crippen LogP contribution in [0.25, 0.3) is 22.2 Å². The van der Waals surface area contributed by atoms with E-state index in [2.05, 4.69) is 10.2 Å². The predicted octanol–water partition coefficient (Wildman–Crippen LogP) is 3.89. The first kappa shape index (κ1) is 18.1. The zero-order valence-electron chi connectivity index (χ0n) is 15.6. The van der Waals surface area contributed by atoms with Crippen LogP contribution in [0.4, 0.5) is 0 Å². The molecule has 4 heteroatoms. The highest BCUT2D eigenvalue weighted by Crippen LogP contribution is 2.29. The fraction of sp³-hybridized carbons (Fsp3) is 0.273. The van der Waals surface area contributed by atoms with E-state index in [0.29, 0.717) is 6.54 Å². The molecule has 0 aliphatic rings. The summed E-state index contributed by atoms with van der Waals surface area (Å²) in [5.41, 5.74) is 4.37. The van der Waals surface area contributed by atoms with E-state index in [0.717, 1.165) is 46.3 Å². The van der Waals surface area contributed by atoms with Gasteiger partial charge in [0.25, 0.3) is 5.91 Å². The Morgan fingerprint density at radius 3 is 2.46 bits per heavy atom. The maximum absolute atomic E-state index is 13.0. The van der Waals surface area contributed by atoms with E-state index in [9.17, 15) is 4.79 Å². The molecule has 0 fully saturated rings. The molecule has 134 valence electrons. The third-order valence-electron chi connectivity index (χ3n) is 4.48. The van der Waals surface area contributed by atoms with Gasteiger partial charge in [0, 0.05) is 17.5 Å². The van der Waals surface area contributed by atoms with Crippen LogP contribution in [0.15, 0.2) is 54.6 Å². The minimum Gasteiger partial charge on any atom is -0.352 e. The number of nitrogens with zero attached hydrogens (tertiary/aromatic N) is 2. The lowest BCUT2D eigenvalue weighted by molar-refractivity contribution is 0.0953. The number of para-hydroxylation sites is 1. The van der Waals surface area contributed by atoms with Crippen molar-refractivity contribution in [1.29, 1.82) is 0 Å². The van der Waals surface area contributed by atoms with Gasteiger partial charge in [-0.25, -0.2) is 4.98 Å². The van der Waals surface area contributed by atoms with Crippen molar-refractivity contribution in [2.75, 3.05) is 27.2 Å². The molecule has 0 radical (unpaired) electrons. The van der Waals surface area contributed by atoms with Crippen LogP contribution in [0.2, 0.25) is 0 Å². The van der Waals surface area contributed by atoms with Crippen molar-refractivity contribution in [3.63, 3.8) is 0 Å². The Morgan fingerprint density at radius 1 is 1.04 bits per heavy atom. The molecule has 0 unspecified atom stereocenters. The van der Waals surface area contributed by atoms with Gasteiger partial charge in [0.2, 0.25) is 0 Å². The summed E-state index contributed by atoms with van der Waals surface area (Å²) < 4.78 is 0. The van der Waals surface area contributed by atoms with Crippen molar-refractivity contribution in [3.8, 4) is 11.3 Å². The van der Waals surface area contributed by atoms with E-state index < -0.39 is 0 Å². The SMILES string of the molecule is Cc1c(-c2ccccc2)nc2ccccc2c1C(=O)NCCCN(C)C. The van der Waals surface area contributed by atoms with Gasteiger partial charge < -0.3 is 10.2 Å². The number of amides is 1. The summed E-state index contributed by atoms with van der Waals surface area (Å²) >= 11 is 0. The second-order valence-electron chi connectivity index (χ2n) is 6.76. The number of carbonyl (C=O) groups is 1. The van der Waals surface area contributed by atoms with Gasteiger partial charge in [0.15, 0.2) is 0 Å². The molecule has 0 aliphatic heterocycles. The topological polar surface area (TPSA) is 45.2 Å². The monoisotopic (exact) mass is 347 g/mol. The Bertz CT molecular complexity index is 904. The molecular formula is C22H25N3O. The van der Waals surface area contributed by atoms with E-state index in [4.69, 9.17) is 4.98 Å². The molecule has 0 saturated heterocycles. The quantitative estimate of drug-likeness (QED) is 0.688. The number of pyridine rings is 1. The molecule has 4 nitrogen and oxygen atoms in total. The van der Waals surface area contributed by atoms with Gasteiger partial charge in [-0.3, -0.25) is 4.79 Å². The minimum atomic E-state index is -0.0305. The number of fused-ring (bicyclic) bond motifs is 1. The number of hydrogen-bond donors (Lipinski definition) is 1. The van der Waals surface area contributed by atoms with Crippen molar-refractivity contribution >= 4 is 16.8 Å². The van der Waals surface area contributed by atoms with Crippen molar-refractivity contribution in [2.45, 2.75) is 13.3 Å². The summed E-state index contributed by atoms with van der Waals surface area (Å²) in [6.45, 7) is 3.59. The molecule has 0 bridgehead atoms. The number of nitrogens with one attached hydrogen (secondary N) is 1. The predicted molar refractivity (Wildman–Crippen MR) is 107 cm³/mol. The summed E-state index contributed by atoms with van der Waals surface area (Å²) in [6, 6.07) is 17.9. The minimum absolute atomic E-state index is 0.0305. The van der Waals surface area contributed by atoms with Crippen molar-refractivity contribution in [1.82, 2.24) is 15.2 Å². The first-order valence-electron chi connectivity index (χ1n) is 8.95. The molecule has 3 aromatic rings. The molecular weight excluding hydrogens is 322 g/mol. The van der Waals surface area contributed by atoms with Crippen LogP contribution in [0.5, 0.6) is 0 Å². The Morgan fingerprint density at radius 2 is 1.73 bits per heavy atom. The van der Waals surface area contributed by atoms with Crippen LogP contribution in [0.3, 0.4) is 0 Å². The van der Waals surface area contributed by atoms with Crippen molar-refractivity contribution in [3.05, 3.63) is 65.7 Å². The van der Waals surface area contributed by atoms with E-state index in [-0.39, 0.29) is 5.91 Å². The van der Waals surface area contributed by atoms with Gasteiger partial charge in [0.1, 0.15) is 0 Å². The lowest BCUT2D eigenvalue weighted by atomic mass is 9.97. The van der Waals surface area contributed by atoms with Gasteiger partial charge in [-0.2, -0.15) is 0 Å². The highest BCUT2D eigenvalue weighted by atomic mass is 16.1. The normalized spacial score (nSPS) is 11.1. The van der Waals surface area contributed by atoms with Crippen LogP contribution >= 0.6 is 0 Å². The third kappa shape index (κ3) is 3.92. The molecule has 1 amide bonds. The third-order valence-corrected chi connectivity index (χ3v) is 4.48. The summed E-state index contributed by atoms with van der Waals surface area (Å²) in [5.74, 6) is -0.0305. The van der Waals surface area contributed by atoms with Gasteiger partial charge in [0.05, 0.1) is 16.8 Å². The maximum atomic E-state index is 13.0. The first-order valence-corrected chi connectivity index (χ1v) is 8.95. The molecule has 1 N–H and O–H groups in total. The van der Waals surface area contributed by atoms with Crippen LogP contribution in [0, 0.1) is 6.92 Å². The van der Waals surface area contributed by atoms with Crippen LogP contribution < -0.4 is 5.32 Å². The Labute approximate surface area is 154 Å². The average Bonchev–Trinajstić information content (AvgIpc) is 2.65. The first-order chi connectivity index (χ1) is 12.6. The number of hydrogen-bond acceptors (Lipinski definition) is 3. The van der Waals surface area contributed by atoms with Crippen LogP contribution in [0.1, 0.15) is 22.3 Å². The maximum Gasteiger partial charge on any atom is 0.252 e. The summed E-state index contributed by atoms with van der Waals surface area (Å²) in [7, 11) is 4.07. The summed E-state index contributed by atoms with van der Waals surface area (Å²) in [5, 5.41) is 3.97. The number of benzene rings is 2. The van der Waals surface area contributed by atoms with E-state index >= 15 is 0 Å². The van der Waals surface area contributed by atoms with Crippen LogP contribution in [-0.4, -0.2) is 43.0 Å². The largest absolute Gasteiger partial charge is 0.352 e. The Balaban J connectivity index is 2.00. The molecule has 26 heavy (non-hydrogen) atoms. The van der Waals surface area contributed by atoms with Gasteiger partial charge in [-0.05, 0) is 45.6 Å². The van der Waals surface area contributed by atoms with Gasteiger partial charge >= 0.3 is 0 Å². The highest BCUT2D eigenvalue weighted by molar-refractivity contribution is 6.08. The average molecular weight is 347 g/mol. The lowest BCUT2D eigenvalue weighted by Crippen LogP contribution is -2.28. The number of carbonyl (C=O) groups excluding carboxylic acids is 1. The van der Waals surface area contributed by atoms with Gasteiger partial charge in [-0.15, -0.1) is 0 Å².